The molecule has 2 rings (SSSR count). The summed E-state index contributed by atoms with van der Waals surface area (Å²) in [5, 5.41) is 0. The van der Waals surface area contributed by atoms with Crippen molar-refractivity contribution in [1.29, 1.82) is 0 Å². The predicted molar refractivity (Wildman–Crippen MR) is 79.5 cm³/mol. The lowest BCUT2D eigenvalue weighted by Crippen LogP contribution is -2.15. The first-order valence-electron chi connectivity index (χ1n) is 6.69. The first-order valence-corrected chi connectivity index (χ1v) is 8.18. The van der Waals surface area contributed by atoms with Crippen LogP contribution in [0.25, 0.3) is 0 Å². The van der Waals surface area contributed by atoms with Gasteiger partial charge in [-0.15, -0.1) is 0 Å². The fourth-order valence-electron chi connectivity index (χ4n) is 1.79. The zero-order valence-corrected chi connectivity index (χ0v) is 13.2. The predicted octanol–water partition coefficient (Wildman–Crippen LogP) is 3.08. The van der Waals surface area contributed by atoms with Gasteiger partial charge in [-0.2, -0.15) is 0 Å². The molecular formula is C15H12F3NO4S. The van der Waals surface area contributed by atoms with Gasteiger partial charge in [0.1, 0.15) is 0 Å². The molecule has 0 radical (unpaired) electrons. The van der Waals surface area contributed by atoms with Crippen LogP contribution in [-0.2, 0) is 14.8 Å². The summed E-state index contributed by atoms with van der Waals surface area (Å²) in [4.78, 5) is 11.2. The number of halogens is 3. The van der Waals surface area contributed by atoms with Gasteiger partial charge in [-0.1, -0.05) is 0 Å². The Morgan fingerprint density at radius 1 is 1.04 bits per heavy atom. The van der Waals surface area contributed by atoms with Gasteiger partial charge >= 0.3 is 5.97 Å². The highest BCUT2D eigenvalue weighted by Crippen LogP contribution is 2.23. The third-order valence-corrected chi connectivity index (χ3v) is 4.34. The Morgan fingerprint density at radius 3 is 2.25 bits per heavy atom. The molecule has 0 bridgehead atoms. The minimum atomic E-state index is -4.25. The molecule has 0 aliphatic rings. The fraction of sp³-hybridized carbons (Fsp3) is 0.133. The molecule has 2 aromatic carbocycles. The van der Waals surface area contributed by atoms with Crippen LogP contribution in [0.1, 0.15) is 17.3 Å². The molecule has 0 fully saturated rings. The third kappa shape index (κ3) is 3.67. The molecule has 0 atom stereocenters. The highest BCUT2D eigenvalue weighted by molar-refractivity contribution is 7.92. The molecule has 1 N–H and O–H groups in total. The summed E-state index contributed by atoms with van der Waals surface area (Å²) >= 11 is 0. The van der Waals surface area contributed by atoms with Gasteiger partial charge in [-0.3, -0.25) is 4.72 Å². The molecule has 0 aromatic heterocycles. The van der Waals surface area contributed by atoms with E-state index in [-0.39, 0.29) is 17.1 Å². The van der Waals surface area contributed by atoms with Crippen molar-refractivity contribution >= 4 is 21.7 Å². The van der Waals surface area contributed by atoms with Crippen LogP contribution in [0.4, 0.5) is 18.9 Å². The largest absolute Gasteiger partial charge is 0.462 e. The maximum Gasteiger partial charge on any atom is 0.338 e. The van der Waals surface area contributed by atoms with Gasteiger partial charge in [0.25, 0.3) is 10.0 Å². The Balaban J connectivity index is 2.28. The Bertz CT molecular complexity index is 867. The minimum absolute atomic E-state index is 0.134. The normalized spacial score (nSPS) is 11.2. The quantitative estimate of drug-likeness (QED) is 0.658. The molecule has 24 heavy (non-hydrogen) atoms. The molecule has 0 spiro atoms. The number of ether oxygens (including phenoxy) is 1. The summed E-state index contributed by atoms with van der Waals surface area (Å²) in [6, 6.07) is 6.00. The lowest BCUT2D eigenvalue weighted by molar-refractivity contribution is 0.0526. The average molecular weight is 359 g/mol. The van der Waals surface area contributed by atoms with E-state index in [0.29, 0.717) is 6.07 Å². The van der Waals surface area contributed by atoms with Crippen LogP contribution in [0.3, 0.4) is 0 Å². The Kier molecular flexibility index (Phi) is 5.13. The SMILES string of the molecule is CCOC(=O)c1ccc(S(=O)(=O)Nc2ccc(F)c(F)c2F)cc1. The maximum atomic E-state index is 13.6. The summed E-state index contributed by atoms with van der Waals surface area (Å²) in [5.74, 6) is -5.50. The number of hydrogen-bond donors (Lipinski definition) is 1. The van der Waals surface area contributed by atoms with E-state index in [0.717, 1.165) is 18.2 Å². The van der Waals surface area contributed by atoms with Crippen LogP contribution < -0.4 is 4.72 Å². The van der Waals surface area contributed by atoms with Crippen LogP contribution in [0.2, 0.25) is 0 Å². The Morgan fingerprint density at radius 2 is 1.67 bits per heavy atom. The van der Waals surface area contributed by atoms with Crippen LogP contribution in [-0.4, -0.2) is 21.0 Å². The van der Waals surface area contributed by atoms with E-state index in [4.69, 9.17) is 4.74 Å². The molecule has 0 saturated carbocycles. The number of carbonyl (C=O) groups is 1. The van der Waals surface area contributed by atoms with Gasteiger partial charge in [-0.25, -0.2) is 26.4 Å². The van der Waals surface area contributed by atoms with Crippen molar-refractivity contribution in [3.63, 3.8) is 0 Å². The average Bonchev–Trinajstić information content (AvgIpc) is 2.56. The van der Waals surface area contributed by atoms with Gasteiger partial charge in [0.05, 0.1) is 22.8 Å². The number of benzene rings is 2. The lowest BCUT2D eigenvalue weighted by atomic mass is 10.2. The molecule has 0 amide bonds. The summed E-state index contributed by atoms with van der Waals surface area (Å²) < 4.78 is 70.4. The van der Waals surface area contributed by atoms with Gasteiger partial charge in [0.2, 0.25) is 0 Å². The topological polar surface area (TPSA) is 72.5 Å². The molecule has 0 heterocycles. The van der Waals surface area contributed by atoms with E-state index < -0.39 is 39.1 Å². The number of nitrogens with one attached hydrogen (secondary N) is 1. The van der Waals surface area contributed by atoms with Crippen molar-refractivity contribution < 1.29 is 31.1 Å². The van der Waals surface area contributed by atoms with Crippen LogP contribution >= 0.6 is 0 Å². The fourth-order valence-corrected chi connectivity index (χ4v) is 2.85. The highest BCUT2D eigenvalue weighted by atomic mass is 32.2. The van der Waals surface area contributed by atoms with Crippen molar-refractivity contribution in [2.24, 2.45) is 0 Å². The number of carbonyl (C=O) groups excluding carboxylic acids is 1. The molecule has 0 aliphatic carbocycles. The first-order chi connectivity index (χ1) is 11.3. The van der Waals surface area contributed by atoms with Crippen molar-refractivity contribution in [2.75, 3.05) is 11.3 Å². The monoisotopic (exact) mass is 359 g/mol. The second-order valence-electron chi connectivity index (χ2n) is 4.57. The highest BCUT2D eigenvalue weighted by Gasteiger charge is 2.20. The molecular weight excluding hydrogens is 347 g/mol. The second-order valence-corrected chi connectivity index (χ2v) is 6.26. The summed E-state index contributed by atoms with van der Waals surface area (Å²) in [5.41, 5.74) is -0.599. The maximum absolute atomic E-state index is 13.6. The molecule has 0 aliphatic heterocycles. The van der Waals surface area contributed by atoms with E-state index in [1.165, 1.54) is 12.1 Å². The van der Waals surface area contributed by atoms with E-state index in [2.05, 4.69) is 0 Å². The molecule has 2 aromatic rings. The number of esters is 1. The van der Waals surface area contributed by atoms with Crippen LogP contribution in [0, 0.1) is 17.5 Å². The molecule has 0 saturated heterocycles. The smallest absolute Gasteiger partial charge is 0.338 e. The molecule has 0 unspecified atom stereocenters. The van der Waals surface area contributed by atoms with Gasteiger partial charge in [0.15, 0.2) is 17.5 Å². The summed E-state index contributed by atoms with van der Waals surface area (Å²) in [6.45, 7) is 1.78. The molecule has 9 heteroatoms. The zero-order chi connectivity index (χ0) is 17.9. The molecule has 5 nitrogen and oxygen atoms in total. The van der Waals surface area contributed by atoms with Crippen LogP contribution in [0.5, 0.6) is 0 Å². The van der Waals surface area contributed by atoms with Crippen molar-refractivity contribution in [1.82, 2.24) is 0 Å². The number of sulfonamides is 1. The number of anilines is 1. The van der Waals surface area contributed by atoms with E-state index in [9.17, 15) is 26.4 Å². The lowest BCUT2D eigenvalue weighted by Gasteiger charge is -2.10. The van der Waals surface area contributed by atoms with E-state index >= 15 is 0 Å². The first kappa shape index (κ1) is 17.8. The summed E-state index contributed by atoms with van der Waals surface area (Å²) in [7, 11) is -4.25. The Labute approximate surface area is 136 Å². The molecule has 128 valence electrons. The number of hydrogen-bond acceptors (Lipinski definition) is 4. The zero-order valence-electron chi connectivity index (χ0n) is 12.3. The second kappa shape index (κ2) is 6.91. The van der Waals surface area contributed by atoms with E-state index in [1.807, 2.05) is 4.72 Å². The van der Waals surface area contributed by atoms with Gasteiger partial charge in [-0.05, 0) is 43.3 Å². The van der Waals surface area contributed by atoms with Crippen molar-refractivity contribution in [3.8, 4) is 0 Å². The summed E-state index contributed by atoms with van der Waals surface area (Å²) in [6.07, 6.45) is 0. The van der Waals surface area contributed by atoms with Gasteiger partial charge in [0, 0.05) is 0 Å². The minimum Gasteiger partial charge on any atom is -0.462 e. The van der Waals surface area contributed by atoms with Gasteiger partial charge < -0.3 is 4.74 Å². The van der Waals surface area contributed by atoms with Crippen molar-refractivity contribution in [2.45, 2.75) is 11.8 Å². The Hall–Kier alpha value is -2.55. The third-order valence-electron chi connectivity index (χ3n) is 2.96. The van der Waals surface area contributed by atoms with E-state index in [1.54, 1.807) is 6.92 Å². The van der Waals surface area contributed by atoms with Crippen molar-refractivity contribution in [3.05, 3.63) is 59.4 Å². The standard InChI is InChI=1S/C15H12F3NO4S/c1-2-23-15(20)9-3-5-10(6-4-9)24(21,22)19-12-8-7-11(16)13(17)14(12)18/h3-8,19H,2H2,1H3. The number of rotatable bonds is 5. The van der Waals surface area contributed by atoms with Crippen LogP contribution in [0.15, 0.2) is 41.3 Å².